The fraction of sp³-hybridized carbons (Fsp3) is 0.0769. The molecular formula is C52H46Cl2NiP4. The third kappa shape index (κ3) is 10.4. The van der Waals surface area contributed by atoms with Gasteiger partial charge in [-0.3, -0.25) is 0 Å². The molecule has 0 fully saturated rings. The zero-order chi connectivity index (χ0) is 40.3. The minimum atomic E-state index is -2.71. The molecule has 0 saturated heterocycles. The van der Waals surface area contributed by atoms with Crippen LogP contribution in [0.4, 0.5) is 0 Å². The van der Waals surface area contributed by atoms with Crippen LogP contribution in [0.5, 0.6) is 0 Å². The summed E-state index contributed by atoms with van der Waals surface area (Å²) in [5.74, 6) is 0. The van der Waals surface area contributed by atoms with E-state index in [1.807, 2.05) is 0 Å². The molecule has 0 bridgehead atoms. The first-order valence-electron chi connectivity index (χ1n) is 19.6. The zero-order valence-electron chi connectivity index (χ0n) is 32.5. The van der Waals surface area contributed by atoms with E-state index in [2.05, 4.69) is 243 Å². The Kier molecular flexibility index (Phi) is 15.0. The van der Waals surface area contributed by atoms with Gasteiger partial charge in [-0.25, -0.2) is 0 Å². The van der Waals surface area contributed by atoms with Crippen LogP contribution in [0.25, 0.3) is 0 Å². The molecule has 0 aliphatic carbocycles. The van der Waals surface area contributed by atoms with Crippen LogP contribution >= 0.6 is 52.1 Å². The average Bonchev–Trinajstić information content (AvgIpc) is 3.31. The number of rotatable bonds is 16. The van der Waals surface area contributed by atoms with Crippen LogP contribution in [0.2, 0.25) is 0 Å². The topological polar surface area (TPSA) is 0 Å². The third-order valence-corrected chi connectivity index (χ3v) is 31.4. The molecule has 8 aromatic rings. The fourth-order valence-corrected chi connectivity index (χ4v) is 31.5. The fourth-order valence-electron chi connectivity index (χ4n) is 7.37. The van der Waals surface area contributed by atoms with Crippen molar-refractivity contribution in [2.24, 2.45) is 0 Å². The molecule has 0 radical (unpaired) electrons. The quantitative estimate of drug-likeness (QED) is 0.0669. The maximum absolute atomic E-state index is 8.81. The van der Waals surface area contributed by atoms with Gasteiger partial charge in [-0.05, 0) is 0 Å². The SMILES string of the molecule is [Cl][Ni]([Cl])([CH](CP(c1ccccc1)c1ccccc1)P(c1ccccc1)c1ccccc1)[CH](CP(c1ccccc1)c1ccccc1)P(c1ccccc1)c1ccccc1. The Balaban J connectivity index is 1.40. The Morgan fingerprint density at radius 2 is 0.441 bits per heavy atom. The van der Waals surface area contributed by atoms with Crippen molar-refractivity contribution in [2.45, 2.75) is 9.26 Å². The molecule has 7 heteroatoms. The summed E-state index contributed by atoms with van der Waals surface area (Å²) in [4.78, 5) is 0. The monoisotopic (exact) mass is 922 g/mol. The second-order valence-corrected chi connectivity index (χ2v) is 30.4. The van der Waals surface area contributed by atoms with Gasteiger partial charge >= 0.3 is 369 Å². The van der Waals surface area contributed by atoms with E-state index in [0.29, 0.717) is 0 Å². The molecule has 0 amide bonds. The van der Waals surface area contributed by atoms with E-state index >= 15 is 0 Å². The number of benzene rings is 8. The Hall–Kier alpha value is -3.45. The van der Waals surface area contributed by atoms with Crippen LogP contribution in [0.3, 0.4) is 0 Å². The van der Waals surface area contributed by atoms with Crippen molar-refractivity contribution in [1.29, 1.82) is 0 Å². The van der Waals surface area contributed by atoms with Crippen LogP contribution < -0.4 is 42.4 Å². The standard InChI is InChI=1S/2C26H23P2.2ClH.Ni/c2*1-5-13-23(14-6-1)27(24-15-7-2-8-16-24)21-22-28(25-17-9-3-10-18-25)26-19-11-4-12-20-26;;;/h2*1-21H,22H2;2*1H;/q;;;;+2/p-2. The van der Waals surface area contributed by atoms with Crippen LogP contribution in [-0.2, 0) is 10.6 Å². The van der Waals surface area contributed by atoms with Gasteiger partial charge in [0.05, 0.1) is 0 Å². The normalized spacial score (nSPS) is 13.1. The summed E-state index contributed by atoms with van der Waals surface area (Å²) >= 11 is 0. The first-order valence-corrected chi connectivity index (χ1v) is 29.4. The maximum atomic E-state index is 8.81. The van der Waals surface area contributed by atoms with Gasteiger partial charge in [0, 0.05) is 0 Å². The summed E-state index contributed by atoms with van der Waals surface area (Å²) in [5, 5.41) is 10.6. The molecule has 0 aliphatic heterocycles. The van der Waals surface area contributed by atoms with Gasteiger partial charge in [-0.2, -0.15) is 0 Å². The molecule has 0 heterocycles. The number of hydrogen-bond donors (Lipinski definition) is 0. The number of hydrogen-bond acceptors (Lipinski definition) is 0. The molecule has 0 aliphatic rings. The molecule has 0 N–H and O–H groups in total. The Bertz CT molecular complexity index is 2100. The van der Waals surface area contributed by atoms with Gasteiger partial charge in [0.1, 0.15) is 0 Å². The third-order valence-electron chi connectivity index (χ3n) is 10.1. The van der Waals surface area contributed by atoms with Crippen molar-refractivity contribution in [1.82, 2.24) is 0 Å². The van der Waals surface area contributed by atoms with E-state index in [-0.39, 0.29) is 9.26 Å². The predicted octanol–water partition coefficient (Wildman–Crippen LogP) is 11.6. The first-order chi connectivity index (χ1) is 29.1. The average molecular weight is 924 g/mol. The Labute approximate surface area is 366 Å². The predicted molar refractivity (Wildman–Crippen MR) is 265 cm³/mol. The summed E-state index contributed by atoms with van der Waals surface area (Å²) in [5.41, 5.74) is 0. The van der Waals surface area contributed by atoms with E-state index in [4.69, 9.17) is 20.4 Å². The molecule has 0 spiro atoms. The van der Waals surface area contributed by atoms with Crippen molar-refractivity contribution in [3.63, 3.8) is 0 Å². The van der Waals surface area contributed by atoms with Crippen LogP contribution in [0, 0.1) is 0 Å². The number of halogens is 2. The van der Waals surface area contributed by atoms with Crippen LogP contribution in [0.15, 0.2) is 243 Å². The van der Waals surface area contributed by atoms with Crippen LogP contribution in [0.1, 0.15) is 0 Å². The minimum absolute atomic E-state index is 0.0424. The van der Waals surface area contributed by atoms with Gasteiger partial charge in [-0.1, -0.05) is 0 Å². The second kappa shape index (κ2) is 20.9. The molecule has 298 valence electrons. The van der Waals surface area contributed by atoms with E-state index in [1.165, 1.54) is 42.4 Å². The zero-order valence-corrected chi connectivity index (χ0v) is 38.6. The van der Waals surface area contributed by atoms with Crippen molar-refractivity contribution < 1.29 is 10.6 Å². The van der Waals surface area contributed by atoms with Crippen LogP contribution in [-0.4, -0.2) is 21.6 Å². The first kappa shape index (κ1) is 42.3. The van der Waals surface area contributed by atoms with E-state index in [1.54, 1.807) is 0 Å². The van der Waals surface area contributed by atoms with Gasteiger partial charge in [0.2, 0.25) is 0 Å². The summed E-state index contributed by atoms with van der Waals surface area (Å²) < 4.78 is -0.0848. The molecule has 8 rings (SSSR count). The van der Waals surface area contributed by atoms with Gasteiger partial charge in [-0.15, -0.1) is 0 Å². The summed E-state index contributed by atoms with van der Waals surface area (Å²) in [6.07, 6.45) is 1.73. The summed E-state index contributed by atoms with van der Waals surface area (Å²) in [6, 6.07) is 89.0. The molecule has 59 heavy (non-hydrogen) atoms. The Morgan fingerprint density at radius 1 is 0.271 bits per heavy atom. The molecule has 8 aromatic carbocycles. The van der Waals surface area contributed by atoms with Gasteiger partial charge in [0.25, 0.3) is 0 Å². The van der Waals surface area contributed by atoms with Crippen molar-refractivity contribution in [3.8, 4) is 0 Å². The van der Waals surface area contributed by atoms with Crippen molar-refractivity contribution in [2.75, 3.05) is 12.3 Å². The van der Waals surface area contributed by atoms with Crippen molar-refractivity contribution >= 4 is 94.5 Å². The van der Waals surface area contributed by atoms with Crippen molar-refractivity contribution in [3.05, 3.63) is 243 Å². The van der Waals surface area contributed by atoms with E-state index in [9.17, 15) is 0 Å². The van der Waals surface area contributed by atoms with E-state index < -0.39 is 42.3 Å². The molecule has 2 unspecified atom stereocenters. The molecule has 0 aromatic heterocycles. The molecule has 0 nitrogen and oxygen atoms in total. The summed E-state index contributed by atoms with van der Waals surface area (Å²) in [7, 11) is 11.1. The van der Waals surface area contributed by atoms with E-state index in [0.717, 1.165) is 12.3 Å². The van der Waals surface area contributed by atoms with Gasteiger partial charge < -0.3 is 0 Å². The van der Waals surface area contributed by atoms with Gasteiger partial charge in [0.15, 0.2) is 0 Å². The molecular weight excluding hydrogens is 878 g/mol. The Morgan fingerprint density at radius 3 is 0.627 bits per heavy atom. The molecule has 0 saturated carbocycles. The second-order valence-electron chi connectivity index (χ2n) is 13.9. The molecule has 2 atom stereocenters. The summed E-state index contributed by atoms with van der Waals surface area (Å²) in [6.45, 7) is 0.